The molecule has 29 heavy (non-hydrogen) atoms. The lowest BCUT2D eigenvalue weighted by atomic mass is 10.0. The van der Waals surface area contributed by atoms with Gasteiger partial charge in [0.15, 0.2) is 5.82 Å². The number of benzene rings is 1. The van der Waals surface area contributed by atoms with Crippen LogP contribution in [-0.2, 0) is 5.60 Å². The van der Waals surface area contributed by atoms with Gasteiger partial charge in [0.1, 0.15) is 5.60 Å². The number of halogens is 2. The Morgan fingerprint density at radius 2 is 1.83 bits per heavy atom. The molecule has 0 aliphatic rings. The second-order valence-electron chi connectivity index (χ2n) is 7.28. The van der Waals surface area contributed by atoms with Crippen molar-refractivity contribution in [1.29, 1.82) is 0 Å². The predicted octanol–water partition coefficient (Wildman–Crippen LogP) is 5.45. The van der Waals surface area contributed by atoms with E-state index in [4.69, 9.17) is 11.6 Å². The molecule has 0 spiro atoms. The van der Waals surface area contributed by atoms with E-state index in [0.717, 1.165) is 39.0 Å². The molecular formula is C22H26ClFN4O. The van der Waals surface area contributed by atoms with Gasteiger partial charge in [0.2, 0.25) is 0 Å². The van der Waals surface area contributed by atoms with Crippen LogP contribution in [0.25, 0.3) is 22.0 Å². The monoisotopic (exact) mass is 416 g/mol. The third-order valence-corrected chi connectivity index (χ3v) is 4.65. The van der Waals surface area contributed by atoms with Crippen molar-refractivity contribution in [2.75, 3.05) is 19.0 Å². The number of fused-ring (bicyclic) bond motifs is 1. The zero-order valence-electron chi connectivity index (χ0n) is 17.3. The van der Waals surface area contributed by atoms with Gasteiger partial charge in [-0.3, -0.25) is 9.37 Å². The van der Waals surface area contributed by atoms with Crippen LogP contribution in [0.2, 0.25) is 5.02 Å². The molecule has 0 saturated carbocycles. The minimum absolute atomic E-state index is 0.385. The molecular weight excluding hydrogens is 391 g/mol. The first-order valence-corrected chi connectivity index (χ1v) is 9.46. The molecule has 3 rings (SSSR count). The lowest BCUT2D eigenvalue weighted by Gasteiger charge is -2.16. The Labute approximate surface area is 175 Å². The number of pyridine rings is 1. The number of aliphatic hydroxyl groups is 1. The van der Waals surface area contributed by atoms with Crippen LogP contribution in [0.4, 0.5) is 10.1 Å². The van der Waals surface area contributed by atoms with Crippen LogP contribution >= 0.6 is 11.6 Å². The molecule has 2 N–H and O–H groups in total. The number of anilines is 1. The van der Waals surface area contributed by atoms with Crippen LogP contribution in [0.3, 0.4) is 0 Å². The van der Waals surface area contributed by atoms with Crippen molar-refractivity contribution < 1.29 is 9.50 Å². The smallest absolute Gasteiger partial charge is 0.159 e. The molecule has 154 valence electrons. The van der Waals surface area contributed by atoms with Crippen LogP contribution in [0.15, 0.2) is 42.7 Å². The second-order valence-corrected chi connectivity index (χ2v) is 7.66. The van der Waals surface area contributed by atoms with Gasteiger partial charge in [0.05, 0.1) is 29.1 Å². The van der Waals surface area contributed by atoms with E-state index in [9.17, 15) is 9.50 Å². The largest absolute Gasteiger partial charge is 0.382 e. The molecule has 0 radical (unpaired) electrons. The van der Waals surface area contributed by atoms with Gasteiger partial charge < -0.3 is 10.4 Å². The quantitative estimate of drug-likeness (QED) is 0.541. The van der Waals surface area contributed by atoms with E-state index < -0.39 is 5.60 Å². The molecule has 0 bridgehead atoms. The number of hydrogen-bond acceptors (Lipinski definition) is 5. The molecule has 0 amide bonds. The van der Waals surface area contributed by atoms with Crippen molar-refractivity contribution in [2.45, 2.75) is 33.3 Å². The van der Waals surface area contributed by atoms with Gasteiger partial charge in [0, 0.05) is 29.9 Å². The lowest BCUT2D eigenvalue weighted by Crippen LogP contribution is -2.19. The third kappa shape index (κ3) is 5.28. The summed E-state index contributed by atoms with van der Waals surface area (Å²) in [6, 6.07) is 5.97. The number of aryl methyl sites for hydroxylation is 1. The highest BCUT2D eigenvalue weighted by Crippen LogP contribution is 2.35. The molecule has 1 aromatic carbocycles. The Morgan fingerprint density at radius 3 is 2.38 bits per heavy atom. The van der Waals surface area contributed by atoms with Gasteiger partial charge >= 0.3 is 0 Å². The van der Waals surface area contributed by atoms with Crippen LogP contribution in [-0.4, -0.2) is 33.8 Å². The highest BCUT2D eigenvalue weighted by molar-refractivity contribution is 6.35. The molecule has 0 aliphatic heterocycles. The summed E-state index contributed by atoms with van der Waals surface area (Å²) >= 11 is 6.52. The maximum atomic E-state index is 10.0. The second kappa shape index (κ2) is 9.29. The van der Waals surface area contributed by atoms with Gasteiger partial charge in [-0.25, -0.2) is 9.97 Å². The van der Waals surface area contributed by atoms with Gasteiger partial charge in [-0.15, -0.1) is 0 Å². The predicted molar refractivity (Wildman–Crippen MR) is 118 cm³/mol. The van der Waals surface area contributed by atoms with Crippen molar-refractivity contribution in [3.63, 3.8) is 0 Å². The summed E-state index contributed by atoms with van der Waals surface area (Å²) in [5.74, 6) is 0.385. The van der Waals surface area contributed by atoms with Gasteiger partial charge in [0.25, 0.3) is 0 Å². The Kier molecular flexibility index (Phi) is 7.27. The van der Waals surface area contributed by atoms with Crippen molar-refractivity contribution >= 4 is 28.2 Å². The molecule has 0 unspecified atom stereocenters. The van der Waals surface area contributed by atoms with E-state index in [2.05, 4.69) is 26.8 Å². The van der Waals surface area contributed by atoms with Crippen molar-refractivity contribution in [3.8, 4) is 11.1 Å². The van der Waals surface area contributed by atoms with Crippen LogP contribution in [0.1, 0.15) is 32.3 Å². The minimum atomic E-state index is -1.07. The average molecular weight is 417 g/mol. The first-order chi connectivity index (χ1) is 13.7. The molecule has 2 heterocycles. The first kappa shape index (κ1) is 22.7. The maximum absolute atomic E-state index is 10.0. The number of hydrogen-bond donors (Lipinski definition) is 2. The SMILES string of the molecule is C=C(C)CNc1c(Cl)c(C)nc2ccc(-c3cnc(C(C)(C)O)nc3)cc12.CF. The third-order valence-electron chi connectivity index (χ3n) is 4.19. The molecule has 0 saturated heterocycles. The Morgan fingerprint density at radius 1 is 1.21 bits per heavy atom. The summed E-state index contributed by atoms with van der Waals surface area (Å²) in [5, 5.41) is 14.9. The lowest BCUT2D eigenvalue weighted by molar-refractivity contribution is 0.0687. The van der Waals surface area contributed by atoms with Crippen LogP contribution in [0, 0.1) is 6.92 Å². The number of alkyl halides is 1. The fourth-order valence-electron chi connectivity index (χ4n) is 2.75. The van der Waals surface area contributed by atoms with Crippen molar-refractivity contribution in [1.82, 2.24) is 15.0 Å². The van der Waals surface area contributed by atoms with Gasteiger partial charge in [-0.1, -0.05) is 29.8 Å². The van der Waals surface area contributed by atoms with Crippen LogP contribution in [0.5, 0.6) is 0 Å². The fraction of sp³-hybridized carbons (Fsp3) is 0.318. The highest BCUT2D eigenvalue weighted by atomic mass is 35.5. The van der Waals surface area contributed by atoms with E-state index in [1.807, 2.05) is 32.0 Å². The number of rotatable bonds is 5. The summed E-state index contributed by atoms with van der Waals surface area (Å²) in [7, 11) is 0.500. The Balaban J connectivity index is 0.00000145. The summed E-state index contributed by atoms with van der Waals surface area (Å²) in [6.45, 7) is 11.7. The van der Waals surface area contributed by atoms with E-state index in [1.165, 1.54) is 0 Å². The average Bonchev–Trinajstić information content (AvgIpc) is 2.69. The van der Waals surface area contributed by atoms with Crippen molar-refractivity contribution in [3.05, 3.63) is 59.3 Å². The maximum Gasteiger partial charge on any atom is 0.159 e. The zero-order valence-corrected chi connectivity index (χ0v) is 18.1. The van der Waals surface area contributed by atoms with E-state index >= 15 is 0 Å². The first-order valence-electron chi connectivity index (χ1n) is 9.08. The van der Waals surface area contributed by atoms with E-state index in [0.29, 0.717) is 24.6 Å². The molecule has 0 atom stereocenters. The normalized spacial score (nSPS) is 11.0. The van der Waals surface area contributed by atoms with Crippen LogP contribution < -0.4 is 5.32 Å². The van der Waals surface area contributed by atoms with Gasteiger partial charge in [-0.05, 0) is 45.4 Å². The minimum Gasteiger partial charge on any atom is -0.382 e. The number of aromatic nitrogens is 3. The molecule has 3 aromatic rings. The highest BCUT2D eigenvalue weighted by Gasteiger charge is 2.19. The van der Waals surface area contributed by atoms with Gasteiger partial charge in [-0.2, -0.15) is 0 Å². The summed E-state index contributed by atoms with van der Waals surface area (Å²) < 4.78 is 9.50. The Bertz CT molecular complexity index is 1010. The summed E-state index contributed by atoms with van der Waals surface area (Å²) in [4.78, 5) is 13.2. The summed E-state index contributed by atoms with van der Waals surface area (Å²) in [5.41, 5.74) is 4.23. The molecule has 0 fully saturated rings. The molecule has 0 aliphatic carbocycles. The Hall–Kier alpha value is -2.57. The standard InChI is InChI=1S/C21H23ClN4O.CH3F/c1-12(2)9-23-19-16-8-14(6-7-17(16)26-13(3)18(19)22)15-10-24-20(25-11-15)21(4,5)27;1-2/h6-8,10-11,27H,1,9H2,2-5H3,(H,23,26);1H3. The van der Waals surface area contributed by atoms with E-state index in [1.54, 1.807) is 26.2 Å². The number of nitrogens with zero attached hydrogens (tertiary/aromatic N) is 3. The molecule has 7 heteroatoms. The van der Waals surface area contributed by atoms with Crippen molar-refractivity contribution in [2.24, 2.45) is 0 Å². The fourth-order valence-corrected chi connectivity index (χ4v) is 2.96. The molecule has 2 aromatic heterocycles. The topological polar surface area (TPSA) is 70.9 Å². The summed E-state index contributed by atoms with van der Waals surface area (Å²) in [6.07, 6.45) is 3.43. The number of nitrogens with one attached hydrogen (secondary N) is 1. The van der Waals surface area contributed by atoms with E-state index in [-0.39, 0.29) is 0 Å². The molecule has 5 nitrogen and oxygen atoms in total. The zero-order chi connectivity index (χ0) is 21.8.